The molecule has 1 aliphatic heterocycles. The zero-order chi connectivity index (χ0) is 46.6. The van der Waals surface area contributed by atoms with Crippen LogP contribution in [0.2, 0.25) is 0 Å². The molecule has 64 heavy (non-hydrogen) atoms. The largest absolute Gasteiger partial charge is 0.394 e. The standard InChI is InChI=1S/C55H109NO8/c1-3-5-7-9-11-13-14-15-16-17-18-19-20-21-22-23-24-25-26-27-28-29-30-31-32-33-34-35-37-39-41-43-45-51(59)56-48(49(58)44-42-40-38-36-12-10-8-6-4-2)47-63-55-54(62)53(61)52(60)50(46-57)64-55/h48-50,52-55,57-58,60-62H,3-47H2,1-2H3,(H,56,59). The second-order valence-corrected chi connectivity index (χ2v) is 20.1. The van der Waals surface area contributed by atoms with Crippen molar-refractivity contribution in [2.24, 2.45) is 0 Å². The first kappa shape index (κ1) is 61.2. The summed E-state index contributed by atoms with van der Waals surface area (Å²) in [4.78, 5) is 13.0. The van der Waals surface area contributed by atoms with Gasteiger partial charge in [-0.15, -0.1) is 0 Å². The Bertz CT molecular complexity index is 970. The second-order valence-electron chi connectivity index (χ2n) is 20.1. The Morgan fingerprint density at radius 3 is 1.11 bits per heavy atom. The number of hydrogen-bond donors (Lipinski definition) is 6. The van der Waals surface area contributed by atoms with Crippen LogP contribution in [0, 0.1) is 0 Å². The second kappa shape index (κ2) is 45.9. The van der Waals surface area contributed by atoms with Gasteiger partial charge in [0.25, 0.3) is 0 Å². The van der Waals surface area contributed by atoms with Gasteiger partial charge in [-0.1, -0.05) is 271 Å². The van der Waals surface area contributed by atoms with Crippen LogP contribution in [0.5, 0.6) is 0 Å². The van der Waals surface area contributed by atoms with Crippen molar-refractivity contribution in [3.8, 4) is 0 Å². The molecular weight excluding hydrogens is 803 g/mol. The van der Waals surface area contributed by atoms with Crippen LogP contribution >= 0.6 is 0 Å². The van der Waals surface area contributed by atoms with Gasteiger partial charge >= 0.3 is 0 Å². The van der Waals surface area contributed by atoms with Crippen molar-refractivity contribution < 1.29 is 39.8 Å². The highest BCUT2D eigenvalue weighted by Gasteiger charge is 2.44. The Hall–Kier alpha value is -0.810. The predicted octanol–water partition coefficient (Wildman–Crippen LogP) is 13.5. The van der Waals surface area contributed by atoms with E-state index in [1.54, 1.807) is 0 Å². The van der Waals surface area contributed by atoms with Crippen molar-refractivity contribution >= 4 is 5.91 Å². The molecule has 0 aromatic carbocycles. The lowest BCUT2D eigenvalue weighted by molar-refractivity contribution is -0.302. The number of rotatable bonds is 49. The van der Waals surface area contributed by atoms with Gasteiger partial charge in [0.1, 0.15) is 24.4 Å². The maximum atomic E-state index is 13.0. The summed E-state index contributed by atoms with van der Waals surface area (Å²) in [7, 11) is 0. The number of nitrogens with one attached hydrogen (secondary N) is 1. The Kier molecular flexibility index (Phi) is 43.9. The molecule has 0 aromatic rings. The number of carbonyl (C=O) groups is 1. The van der Waals surface area contributed by atoms with Gasteiger partial charge in [-0.25, -0.2) is 0 Å². The van der Waals surface area contributed by atoms with E-state index in [2.05, 4.69) is 19.2 Å². The molecule has 9 nitrogen and oxygen atoms in total. The quantitative estimate of drug-likeness (QED) is 0.0331. The Morgan fingerprint density at radius 1 is 0.469 bits per heavy atom. The first-order valence-corrected chi connectivity index (χ1v) is 28.2. The van der Waals surface area contributed by atoms with Crippen LogP contribution in [-0.2, 0) is 14.3 Å². The topological polar surface area (TPSA) is 149 Å². The molecule has 0 saturated carbocycles. The third kappa shape index (κ3) is 35.3. The average molecular weight is 912 g/mol. The minimum Gasteiger partial charge on any atom is -0.394 e. The van der Waals surface area contributed by atoms with Crippen molar-refractivity contribution in [3.63, 3.8) is 0 Å². The third-order valence-electron chi connectivity index (χ3n) is 14.0. The molecule has 7 atom stereocenters. The van der Waals surface area contributed by atoms with Crippen molar-refractivity contribution in [3.05, 3.63) is 0 Å². The molecule has 6 N–H and O–H groups in total. The zero-order valence-electron chi connectivity index (χ0n) is 42.3. The summed E-state index contributed by atoms with van der Waals surface area (Å²) in [6, 6.07) is -0.711. The molecular formula is C55H109NO8. The molecule has 1 saturated heterocycles. The van der Waals surface area contributed by atoms with Gasteiger partial charge in [0.2, 0.25) is 5.91 Å². The number of aliphatic hydroxyl groups excluding tert-OH is 5. The lowest BCUT2D eigenvalue weighted by atomic mass is 9.99. The molecule has 0 aliphatic carbocycles. The maximum Gasteiger partial charge on any atom is 0.220 e. The fourth-order valence-electron chi connectivity index (χ4n) is 9.46. The Labute approximate surface area is 395 Å². The molecule has 0 aromatic heterocycles. The normalized spacial score (nSPS) is 19.9. The number of aliphatic hydroxyl groups is 5. The fourth-order valence-corrected chi connectivity index (χ4v) is 9.46. The summed E-state index contributed by atoms with van der Waals surface area (Å²) >= 11 is 0. The van der Waals surface area contributed by atoms with Gasteiger partial charge in [0, 0.05) is 6.42 Å². The smallest absolute Gasteiger partial charge is 0.220 e. The van der Waals surface area contributed by atoms with E-state index >= 15 is 0 Å². The molecule has 382 valence electrons. The number of carbonyl (C=O) groups excluding carboxylic acids is 1. The van der Waals surface area contributed by atoms with Gasteiger partial charge < -0.3 is 40.3 Å². The van der Waals surface area contributed by atoms with Gasteiger partial charge in [-0.3, -0.25) is 4.79 Å². The van der Waals surface area contributed by atoms with Crippen LogP contribution in [0.25, 0.3) is 0 Å². The summed E-state index contributed by atoms with van der Waals surface area (Å²) in [5, 5.41) is 54.3. The lowest BCUT2D eigenvalue weighted by Crippen LogP contribution is -2.60. The SMILES string of the molecule is CCCCCCCCCCCCCCCCCCCCCCCCCCCCCCCCCCC(=O)NC(COC1OC(CO)C(O)C(O)C1O)C(O)CCCCCCCCCCC. The summed E-state index contributed by atoms with van der Waals surface area (Å²) < 4.78 is 11.3. The number of unbranched alkanes of at least 4 members (excludes halogenated alkanes) is 39. The van der Waals surface area contributed by atoms with Crippen LogP contribution in [0.3, 0.4) is 0 Å². The van der Waals surface area contributed by atoms with Gasteiger partial charge in [-0.2, -0.15) is 0 Å². The van der Waals surface area contributed by atoms with E-state index in [4.69, 9.17) is 9.47 Å². The van der Waals surface area contributed by atoms with Crippen molar-refractivity contribution in [1.29, 1.82) is 0 Å². The Morgan fingerprint density at radius 2 is 0.781 bits per heavy atom. The number of ether oxygens (including phenoxy) is 2. The molecule has 1 amide bonds. The number of hydrogen-bond acceptors (Lipinski definition) is 8. The van der Waals surface area contributed by atoms with Gasteiger partial charge in [0.05, 0.1) is 25.4 Å². The van der Waals surface area contributed by atoms with Crippen molar-refractivity contribution in [1.82, 2.24) is 5.32 Å². The van der Waals surface area contributed by atoms with E-state index in [1.165, 1.54) is 225 Å². The minimum absolute atomic E-state index is 0.132. The lowest BCUT2D eigenvalue weighted by Gasteiger charge is -2.40. The van der Waals surface area contributed by atoms with Crippen molar-refractivity contribution in [2.45, 2.75) is 333 Å². The van der Waals surface area contributed by atoms with E-state index < -0.39 is 49.5 Å². The molecule has 0 bridgehead atoms. The highest BCUT2D eigenvalue weighted by atomic mass is 16.7. The highest BCUT2D eigenvalue weighted by Crippen LogP contribution is 2.23. The number of amides is 1. The monoisotopic (exact) mass is 912 g/mol. The van der Waals surface area contributed by atoms with Crippen LogP contribution in [0.4, 0.5) is 0 Å². The van der Waals surface area contributed by atoms with E-state index in [0.29, 0.717) is 12.8 Å². The van der Waals surface area contributed by atoms with Crippen LogP contribution < -0.4 is 5.32 Å². The zero-order valence-corrected chi connectivity index (χ0v) is 42.3. The summed E-state index contributed by atoms with van der Waals surface area (Å²) in [6.45, 7) is 3.84. The molecule has 0 spiro atoms. The first-order chi connectivity index (χ1) is 31.3. The maximum absolute atomic E-state index is 13.0. The highest BCUT2D eigenvalue weighted by molar-refractivity contribution is 5.76. The molecule has 9 heteroatoms. The summed E-state index contributed by atoms with van der Waals surface area (Å²) in [6.07, 6.45) is 47.4. The van der Waals surface area contributed by atoms with E-state index in [9.17, 15) is 30.3 Å². The first-order valence-electron chi connectivity index (χ1n) is 28.2. The summed E-state index contributed by atoms with van der Waals surface area (Å²) in [5.41, 5.74) is 0. The van der Waals surface area contributed by atoms with Gasteiger partial charge in [0.15, 0.2) is 6.29 Å². The molecule has 1 heterocycles. The molecule has 0 radical (unpaired) electrons. The van der Waals surface area contributed by atoms with E-state index in [1.807, 2.05) is 0 Å². The predicted molar refractivity (Wildman–Crippen MR) is 268 cm³/mol. The van der Waals surface area contributed by atoms with Crippen LogP contribution in [0.1, 0.15) is 290 Å². The van der Waals surface area contributed by atoms with Crippen LogP contribution in [0.15, 0.2) is 0 Å². The van der Waals surface area contributed by atoms with Crippen molar-refractivity contribution in [2.75, 3.05) is 13.2 Å². The molecule has 7 unspecified atom stereocenters. The van der Waals surface area contributed by atoms with E-state index in [-0.39, 0.29) is 12.5 Å². The fraction of sp³-hybridized carbons (Fsp3) is 0.982. The molecule has 1 fully saturated rings. The molecule has 1 rings (SSSR count). The molecule has 1 aliphatic rings. The van der Waals surface area contributed by atoms with E-state index in [0.717, 1.165) is 38.5 Å². The van der Waals surface area contributed by atoms with Crippen LogP contribution in [-0.4, -0.2) is 87.5 Å². The summed E-state index contributed by atoms with van der Waals surface area (Å²) in [5.74, 6) is -0.140. The Balaban J connectivity index is 2.03. The van der Waals surface area contributed by atoms with Gasteiger partial charge in [-0.05, 0) is 12.8 Å². The minimum atomic E-state index is -1.55. The third-order valence-corrected chi connectivity index (χ3v) is 14.0. The average Bonchev–Trinajstić information content (AvgIpc) is 3.29.